The number of piperazine rings is 1. The SMILES string of the molecule is COc1ccccc1NC(=O)C(C)N1CCNCC1.Cl.Cl. The third kappa shape index (κ3) is 5.36. The second kappa shape index (κ2) is 9.84. The Morgan fingerprint density at radius 2 is 1.90 bits per heavy atom. The summed E-state index contributed by atoms with van der Waals surface area (Å²) >= 11 is 0. The van der Waals surface area contributed by atoms with Gasteiger partial charge in [0.15, 0.2) is 0 Å². The van der Waals surface area contributed by atoms with Gasteiger partial charge in [0.05, 0.1) is 18.8 Å². The third-order valence-electron chi connectivity index (χ3n) is 3.44. The lowest BCUT2D eigenvalue weighted by Crippen LogP contribution is -2.51. The Kier molecular flexibility index (Phi) is 9.37. The molecule has 7 heteroatoms. The summed E-state index contributed by atoms with van der Waals surface area (Å²) in [5.41, 5.74) is 0.719. The molecule has 0 spiro atoms. The largest absolute Gasteiger partial charge is 0.495 e. The summed E-state index contributed by atoms with van der Waals surface area (Å²) in [6, 6.07) is 7.32. The fraction of sp³-hybridized carbons (Fsp3) is 0.500. The van der Waals surface area contributed by atoms with Crippen LogP contribution in [0.3, 0.4) is 0 Å². The van der Waals surface area contributed by atoms with Crippen LogP contribution in [-0.2, 0) is 4.79 Å². The Labute approximate surface area is 138 Å². The molecule has 1 unspecified atom stereocenters. The zero-order valence-corrected chi connectivity index (χ0v) is 13.9. The van der Waals surface area contributed by atoms with Gasteiger partial charge in [-0.3, -0.25) is 9.69 Å². The first kappa shape index (κ1) is 20.0. The number of para-hydroxylation sites is 2. The smallest absolute Gasteiger partial charge is 0.241 e. The molecule has 1 fully saturated rings. The molecule has 1 heterocycles. The fourth-order valence-corrected chi connectivity index (χ4v) is 2.22. The van der Waals surface area contributed by atoms with Crippen LogP contribution in [0.5, 0.6) is 5.75 Å². The highest BCUT2D eigenvalue weighted by molar-refractivity contribution is 5.95. The summed E-state index contributed by atoms with van der Waals surface area (Å²) in [5, 5.41) is 6.22. The lowest BCUT2D eigenvalue weighted by Gasteiger charge is -2.31. The highest BCUT2D eigenvalue weighted by Crippen LogP contribution is 2.23. The maximum Gasteiger partial charge on any atom is 0.241 e. The van der Waals surface area contributed by atoms with Gasteiger partial charge < -0.3 is 15.4 Å². The molecule has 1 atom stereocenters. The Bertz CT molecular complexity index is 440. The van der Waals surface area contributed by atoms with Crippen molar-refractivity contribution in [2.24, 2.45) is 0 Å². The Hall–Kier alpha value is -1.01. The molecule has 1 amide bonds. The number of rotatable bonds is 4. The molecule has 2 rings (SSSR count). The van der Waals surface area contributed by atoms with Crippen molar-refractivity contribution >= 4 is 36.4 Å². The van der Waals surface area contributed by atoms with Crippen LogP contribution in [0.1, 0.15) is 6.92 Å². The average Bonchev–Trinajstić information content (AvgIpc) is 2.48. The maximum absolute atomic E-state index is 12.3. The van der Waals surface area contributed by atoms with Crippen molar-refractivity contribution in [2.75, 3.05) is 38.6 Å². The monoisotopic (exact) mass is 335 g/mol. The number of carbonyl (C=O) groups is 1. The van der Waals surface area contributed by atoms with Crippen molar-refractivity contribution in [1.29, 1.82) is 0 Å². The zero-order valence-electron chi connectivity index (χ0n) is 12.3. The number of hydrogen-bond donors (Lipinski definition) is 2. The predicted octanol–water partition coefficient (Wildman–Crippen LogP) is 1.77. The number of amides is 1. The van der Waals surface area contributed by atoms with Gasteiger partial charge in [0.1, 0.15) is 5.75 Å². The molecule has 0 radical (unpaired) electrons. The standard InChI is InChI=1S/C14H21N3O2.2ClH/c1-11(17-9-7-15-8-10-17)14(18)16-12-5-3-4-6-13(12)19-2;;/h3-6,11,15H,7-10H2,1-2H3,(H,16,18);2*1H. The second-order valence-corrected chi connectivity index (χ2v) is 4.65. The molecule has 1 aliphatic rings. The van der Waals surface area contributed by atoms with Crippen molar-refractivity contribution < 1.29 is 9.53 Å². The molecule has 0 aliphatic carbocycles. The predicted molar refractivity (Wildman–Crippen MR) is 90.0 cm³/mol. The first-order valence-electron chi connectivity index (χ1n) is 6.61. The molecule has 0 aromatic heterocycles. The maximum atomic E-state index is 12.3. The number of nitrogens with one attached hydrogen (secondary N) is 2. The summed E-state index contributed by atoms with van der Waals surface area (Å²) in [5.74, 6) is 0.690. The third-order valence-corrected chi connectivity index (χ3v) is 3.44. The minimum Gasteiger partial charge on any atom is -0.495 e. The lowest BCUT2D eigenvalue weighted by atomic mass is 10.2. The molecule has 1 aromatic rings. The molecule has 0 saturated carbocycles. The number of carbonyl (C=O) groups excluding carboxylic acids is 1. The van der Waals surface area contributed by atoms with Crippen LogP contribution in [0.2, 0.25) is 0 Å². The normalized spacial score (nSPS) is 16.1. The molecule has 1 aliphatic heterocycles. The van der Waals surface area contributed by atoms with E-state index < -0.39 is 0 Å². The first-order valence-corrected chi connectivity index (χ1v) is 6.61. The van der Waals surface area contributed by atoms with Gasteiger partial charge >= 0.3 is 0 Å². The van der Waals surface area contributed by atoms with Crippen molar-refractivity contribution in [3.05, 3.63) is 24.3 Å². The van der Waals surface area contributed by atoms with Gasteiger partial charge in [-0.1, -0.05) is 12.1 Å². The fourth-order valence-electron chi connectivity index (χ4n) is 2.22. The molecular formula is C14H23Cl2N3O2. The van der Waals surface area contributed by atoms with Gasteiger partial charge in [0.25, 0.3) is 0 Å². The van der Waals surface area contributed by atoms with E-state index in [0.29, 0.717) is 5.75 Å². The van der Waals surface area contributed by atoms with Gasteiger partial charge in [-0.25, -0.2) is 0 Å². The van der Waals surface area contributed by atoms with E-state index >= 15 is 0 Å². The van der Waals surface area contributed by atoms with Crippen LogP contribution in [-0.4, -0.2) is 50.1 Å². The van der Waals surface area contributed by atoms with Gasteiger partial charge in [0, 0.05) is 26.2 Å². The molecule has 2 N–H and O–H groups in total. The van der Waals surface area contributed by atoms with Crippen molar-refractivity contribution in [1.82, 2.24) is 10.2 Å². The first-order chi connectivity index (χ1) is 9.22. The summed E-state index contributed by atoms with van der Waals surface area (Å²) in [6.07, 6.45) is 0. The van der Waals surface area contributed by atoms with Crippen LogP contribution in [0.25, 0.3) is 0 Å². The summed E-state index contributed by atoms with van der Waals surface area (Å²) in [7, 11) is 1.60. The molecule has 5 nitrogen and oxygen atoms in total. The van der Waals surface area contributed by atoms with E-state index in [9.17, 15) is 4.79 Å². The van der Waals surface area contributed by atoms with Gasteiger partial charge in [-0.15, -0.1) is 24.8 Å². The topological polar surface area (TPSA) is 53.6 Å². The Morgan fingerprint density at radius 1 is 1.29 bits per heavy atom. The van der Waals surface area contributed by atoms with Crippen molar-refractivity contribution in [3.63, 3.8) is 0 Å². The minimum atomic E-state index is -0.132. The van der Waals surface area contributed by atoms with Crippen LogP contribution in [0, 0.1) is 0 Å². The Morgan fingerprint density at radius 3 is 2.52 bits per heavy atom. The molecule has 0 bridgehead atoms. The molecule has 120 valence electrons. The van der Waals surface area contributed by atoms with E-state index in [1.165, 1.54) is 0 Å². The van der Waals surface area contributed by atoms with E-state index in [-0.39, 0.29) is 36.8 Å². The number of halogens is 2. The van der Waals surface area contributed by atoms with Crippen molar-refractivity contribution in [3.8, 4) is 5.75 Å². The molecule has 21 heavy (non-hydrogen) atoms. The minimum absolute atomic E-state index is 0. The van der Waals surface area contributed by atoms with Crippen LogP contribution < -0.4 is 15.4 Å². The Balaban J connectivity index is 0.00000200. The van der Waals surface area contributed by atoms with Gasteiger partial charge in [0.2, 0.25) is 5.91 Å². The van der Waals surface area contributed by atoms with E-state index in [1.807, 2.05) is 31.2 Å². The zero-order chi connectivity index (χ0) is 13.7. The number of methoxy groups -OCH3 is 1. The average molecular weight is 336 g/mol. The van der Waals surface area contributed by atoms with Crippen molar-refractivity contribution in [2.45, 2.75) is 13.0 Å². The van der Waals surface area contributed by atoms with Crippen LogP contribution >= 0.6 is 24.8 Å². The quantitative estimate of drug-likeness (QED) is 0.880. The second-order valence-electron chi connectivity index (χ2n) is 4.65. The van der Waals surface area contributed by atoms with E-state index in [0.717, 1.165) is 31.9 Å². The van der Waals surface area contributed by atoms with E-state index in [1.54, 1.807) is 7.11 Å². The number of benzene rings is 1. The van der Waals surface area contributed by atoms with E-state index in [2.05, 4.69) is 15.5 Å². The number of ether oxygens (including phenoxy) is 1. The molecular weight excluding hydrogens is 313 g/mol. The summed E-state index contributed by atoms with van der Waals surface area (Å²) in [4.78, 5) is 14.4. The summed E-state index contributed by atoms with van der Waals surface area (Å²) in [6.45, 7) is 5.62. The van der Waals surface area contributed by atoms with Crippen LogP contribution in [0.15, 0.2) is 24.3 Å². The lowest BCUT2D eigenvalue weighted by molar-refractivity contribution is -0.121. The van der Waals surface area contributed by atoms with Gasteiger partial charge in [-0.05, 0) is 19.1 Å². The molecule has 1 saturated heterocycles. The van der Waals surface area contributed by atoms with Gasteiger partial charge in [-0.2, -0.15) is 0 Å². The highest BCUT2D eigenvalue weighted by Gasteiger charge is 2.23. The number of anilines is 1. The number of hydrogen-bond acceptors (Lipinski definition) is 4. The number of nitrogens with zero attached hydrogens (tertiary/aromatic N) is 1. The molecule has 1 aromatic carbocycles. The van der Waals surface area contributed by atoms with E-state index in [4.69, 9.17) is 4.74 Å². The summed E-state index contributed by atoms with van der Waals surface area (Å²) < 4.78 is 5.23. The highest BCUT2D eigenvalue weighted by atomic mass is 35.5. The van der Waals surface area contributed by atoms with Crippen LogP contribution in [0.4, 0.5) is 5.69 Å².